The fourth-order valence-electron chi connectivity index (χ4n) is 2.68. The SMILES string of the molecule is CCC(C)(C)c1ccc(OCCNc2cccc(OCCC(C)C)c2)cc1. The average Bonchev–Trinajstić information content (AvgIpc) is 2.66. The lowest BCUT2D eigenvalue weighted by Crippen LogP contribution is -2.15. The number of rotatable bonds is 11. The molecule has 148 valence electrons. The largest absolute Gasteiger partial charge is 0.494 e. The van der Waals surface area contributed by atoms with E-state index in [9.17, 15) is 0 Å². The molecule has 0 aliphatic heterocycles. The van der Waals surface area contributed by atoms with Gasteiger partial charge in [0.15, 0.2) is 0 Å². The normalized spacial score (nSPS) is 11.5. The van der Waals surface area contributed by atoms with E-state index in [1.54, 1.807) is 0 Å². The smallest absolute Gasteiger partial charge is 0.121 e. The molecule has 0 heterocycles. The van der Waals surface area contributed by atoms with Gasteiger partial charge in [0.05, 0.1) is 6.61 Å². The van der Waals surface area contributed by atoms with Gasteiger partial charge in [0, 0.05) is 18.3 Å². The Balaban J connectivity index is 1.75. The zero-order chi connectivity index (χ0) is 19.7. The van der Waals surface area contributed by atoms with E-state index in [1.807, 2.05) is 18.2 Å². The summed E-state index contributed by atoms with van der Waals surface area (Å²) in [6.45, 7) is 13.3. The van der Waals surface area contributed by atoms with Crippen molar-refractivity contribution in [3.8, 4) is 11.5 Å². The molecule has 2 aromatic carbocycles. The highest BCUT2D eigenvalue weighted by molar-refractivity contribution is 5.48. The third-order valence-electron chi connectivity index (χ3n) is 5.02. The van der Waals surface area contributed by atoms with Gasteiger partial charge in [-0.1, -0.05) is 52.8 Å². The summed E-state index contributed by atoms with van der Waals surface area (Å²) in [7, 11) is 0. The second-order valence-electron chi connectivity index (χ2n) is 8.10. The standard InChI is InChI=1S/C24H35NO2/c1-6-24(4,5)20-10-12-22(13-11-20)27-17-15-25-21-8-7-9-23(18-21)26-16-14-19(2)3/h7-13,18-19,25H,6,14-17H2,1-5H3. The summed E-state index contributed by atoms with van der Waals surface area (Å²) in [5, 5.41) is 3.39. The van der Waals surface area contributed by atoms with Gasteiger partial charge in [-0.3, -0.25) is 0 Å². The predicted molar refractivity (Wildman–Crippen MR) is 115 cm³/mol. The summed E-state index contributed by atoms with van der Waals surface area (Å²) in [6.07, 6.45) is 2.19. The summed E-state index contributed by atoms with van der Waals surface area (Å²) in [6, 6.07) is 16.6. The van der Waals surface area contributed by atoms with Crippen molar-refractivity contribution in [1.82, 2.24) is 0 Å². The number of hydrogen-bond donors (Lipinski definition) is 1. The van der Waals surface area contributed by atoms with Gasteiger partial charge < -0.3 is 14.8 Å². The summed E-state index contributed by atoms with van der Waals surface area (Å²) < 4.78 is 11.7. The van der Waals surface area contributed by atoms with E-state index in [-0.39, 0.29) is 5.41 Å². The first kappa shape index (κ1) is 21.1. The van der Waals surface area contributed by atoms with Crippen molar-refractivity contribution in [3.63, 3.8) is 0 Å². The van der Waals surface area contributed by atoms with E-state index in [2.05, 4.69) is 70.3 Å². The van der Waals surface area contributed by atoms with Crippen molar-refractivity contribution in [3.05, 3.63) is 54.1 Å². The van der Waals surface area contributed by atoms with E-state index in [4.69, 9.17) is 9.47 Å². The Bertz CT molecular complexity index is 677. The summed E-state index contributed by atoms with van der Waals surface area (Å²) >= 11 is 0. The summed E-state index contributed by atoms with van der Waals surface area (Å²) in [5.41, 5.74) is 2.62. The summed E-state index contributed by atoms with van der Waals surface area (Å²) in [4.78, 5) is 0. The minimum Gasteiger partial charge on any atom is -0.494 e. The maximum atomic E-state index is 5.86. The molecule has 2 aromatic rings. The molecule has 0 saturated heterocycles. The molecular formula is C24H35NO2. The number of hydrogen-bond acceptors (Lipinski definition) is 3. The monoisotopic (exact) mass is 369 g/mol. The highest BCUT2D eigenvalue weighted by Crippen LogP contribution is 2.28. The topological polar surface area (TPSA) is 30.5 Å². The molecule has 0 radical (unpaired) electrons. The van der Waals surface area contributed by atoms with Crippen LogP contribution in [-0.2, 0) is 5.41 Å². The van der Waals surface area contributed by atoms with Crippen LogP contribution in [0.2, 0.25) is 0 Å². The molecule has 1 N–H and O–H groups in total. The second-order valence-corrected chi connectivity index (χ2v) is 8.10. The second kappa shape index (κ2) is 10.2. The molecule has 0 atom stereocenters. The molecule has 0 unspecified atom stereocenters. The molecule has 3 heteroatoms. The van der Waals surface area contributed by atoms with Crippen molar-refractivity contribution in [2.75, 3.05) is 25.1 Å². The van der Waals surface area contributed by atoms with Crippen LogP contribution in [0.5, 0.6) is 11.5 Å². The number of benzene rings is 2. The third-order valence-corrected chi connectivity index (χ3v) is 5.02. The van der Waals surface area contributed by atoms with E-state index in [1.165, 1.54) is 5.56 Å². The number of nitrogens with one attached hydrogen (secondary N) is 1. The Kier molecular flexibility index (Phi) is 8.02. The lowest BCUT2D eigenvalue weighted by Gasteiger charge is -2.23. The van der Waals surface area contributed by atoms with Crippen LogP contribution in [0.15, 0.2) is 48.5 Å². The Morgan fingerprint density at radius 1 is 0.926 bits per heavy atom. The van der Waals surface area contributed by atoms with Gasteiger partial charge in [0.2, 0.25) is 0 Å². The molecule has 27 heavy (non-hydrogen) atoms. The number of ether oxygens (including phenoxy) is 2. The maximum absolute atomic E-state index is 5.86. The van der Waals surface area contributed by atoms with E-state index in [0.717, 1.165) is 43.2 Å². The first-order valence-electron chi connectivity index (χ1n) is 10.1. The van der Waals surface area contributed by atoms with Gasteiger partial charge in [-0.25, -0.2) is 0 Å². The minimum atomic E-state index is 0.211. The van der Waals surface area contributed by atoms with Crippen LogP contribution in [0, 0.1) is 5.92 Å². The van der Waals surface area contributed by atoms with Gasteiger partial charge in [-0.15, -0.1) is 0 Å². The van der Waals surface area contributed by atoms with Crippen molar-refractivity contribution in [2.45, 2.75) is 52.9 Å². The van der Waals surface area contributed by atoms with Gasteiger partial charge in [0.1, 0.15) is 18.1 Å². The molecule has 0 spiro atoms. The fraction of sp³-hybridized carbons (Fsp3) is 0.500. The first-order valence-corrected chi connectivity index (χ1v) is 10.1. The van der Waals surface area contributed by atoms with Crippen LogP contribution in [0.1, 0.15) is 53.0 Å². The summed E-state index contributed by atoms with van der Waals surface area (Å²) in [5.74, 6) is 2.49. The van der Waals surface area contributed by atoms with Crippen LogP contribution in [0.4, 0.5) is 5.69 Å². The molecule has 2 rings (SSSR count). The molecule has 0 saturated carbocycles. The first-order chi connectivity index (χ1) is 12.9. The van der Waals surface area contributed by atoms with Crippen LogP contribution >= 0.6 is 0 Å². The highest BCUT2D eigenvalue weighted by Gasteiger charge is 2.17. The minimum absolute atomic E-state index is 0.211. The molecule has 0 bridgehead atoms. The Hall–Kier alpha value is -2.16. The van der Waals surface area contributed by atoms with Crippen LogP contribution in [0.3, 0.4) is 0 Å². The molecular weight excluding hydrogens is 334 g/mol. The van der Waals surface area contributed by atoms with E-state index < -0.39 is 0 Å². The third kappa shape index (κ3) is 7.16. The quantitative estimate of drug-likeness (QED) is 0.472. The maximum Gasteiger partial charge on any atom is 0.121 e. The van der Waals surface area contributed by atoms with Gasteiger partial charge in [-0.2, -0.15) is 0 Å². The highest BCUT2D eigenvalue weighted by atomic mass is 16.5. The lowest BCUT2D eigenvalue weighted by molar-refractivity contribution is 0.289. The predicted octanol–water partition coefficient (Wildman–Crippen LogP) is 6.29. The lowest BCUT2D eigenvalue weighted by atomic mass is 9.82. The van der Waals surface area contributed by atoms with Crippen LogP contribution in [-0.4, -0.2) is 19.8 Å². The number of anilines is 1. The molecule has 0 amide bonds. The van der Waals surface area contributed by atoms with Gasteiger partial charge in [0.25, 0.3) is 0 Å². The van der Waals surface area contributed by atoms with Crippen molar-refractivity contribution in [1.29, 1.82) is 0 Å². The van der Waals surface area contributed by atoms with Crippen molar-refractivity contribution in [2.24, 2.45) is 5.92 Å². The van der Waals surface area contributed by atoms with Crippen molar-refractivity contribution >= 4 is 5.69 Å². The average molecular weight is 370 g/mol. The van der Waals surface area contributed by atoms with Crippen molar-refractivity contribution < 1.29 is 9.47 Å². The van der Waals surface area contributed by atoms with Crippen LogP contribution in [0.25, 0.3) is 0 Å². The Labute approximate surface area is 165 Å². The Morgan fingerprint density at radius 2 is 1.63 bits per heavy atom. The van der Waals surface area contributed by atoms with Gasteiger partial charge >= 0.3 is 0 Å². The van der Waals surface area contributed by atoms with E-state index >= 15 is 0 Å². The molecule has 0 aliphatic rings. The Morgan fingerprint density at radius 3 is 2.30 bits per heavy atom. The van der Waals surface area contributed by atoms with Crippen LogP contribution < -0.4 is 14.8 Å². The zero-order valence-corrected chi connectivity index (χ0v) is 17.5. The fourth-order valence-corrected chi connectivity index (χ4v) is 2.68. The zero-order valence-electron chi connectivity index (χ0n) is 17.5. The molecule has 0 fully saturated rings. The molecule has 0 aliphatic carbocycles. The molecule has 3 nitrogen and oxygen atoms in total. The van der Waals surface area contributed by atoms with E-state index in [0.29, 0.717) is 12.5 Å². The molecule has 0 aromatic heterocycles. The van der Waals surface area contributed by atoms with Gasteiger partial charge in [-0.05, 0) is 54.0 Å².